The van der Waals surface area contributed by atoms with Crippen molar-refractivity contribution in [3.8, 4) is 11.6 Å². The van der Waals surface area contributed by atoms with Crippen LogP contribution in [0.5, 0.6) is 11.6 Å². The van der Waals surface area contributed by atoms with Crippen LogP contribution in [0.3, 0.4) is 0 Å². The molecule has 0 N–H and O–H groups in total. The Kier molecular flexibility index (Phi) is 3.73. The lowest BCUT2D eigenvalue weighted by Gasteiger charge is -2.04. The minimum absolute atomic E-state index is 0.0389. The lowest BCUT2D eigenvalue weighted by molar-refractivity contribution is -0.385. The van der Waals surface area contributed by atoms with E-state index in [4.69, 9.17) is 16.3 Å². The number of nitro benzene ring substituents is 1. The number of hydrogen-bond donors (Lipinski definition) is 0. The molecular formula is C10H5BrClN3O3. The standard InChI is InChI=1S/C10H5BrClN3O3/c11-6-3-7(15(16)17)5-8(4-6)18-9-1-2-13-10(12)14-9/h1-5H. The van der Waals surface area contributed by atoms with Gasteiger partial charge in [-0.15, -0.1) is 0 Å². The van der Waals surface area contributed by atoms with Gasteiger partial charge in [0.2, 0.25) is 11.2 Å². The molecule has 0 bridgehead atoms. The molecule has 1 aromatic heterocycles. The van der Waals surface area contributed by atoms with Gasteiger partial charge in [0.1, 0.15) is 5.75 Å². The van der Waals surface area contributed by atoms with Gasteiger partial charge < -0.3 is 4.74 Å². The van der Waals surface area contributed by atoms with Crippen LogP contribution in [-0.2, 0) is 0 Å². The van der Waals surface area contributed by atoms with E-state index >= 15 is 0 Å². The number of hydrogen-bond acceptors (Lipinski definition) is 5. The fraction of sp³-hybridized carbons (Fsp3) is 0. The summed E-state index contributed by atoms with van der Waals surface area (Å²) in [5.41, 5.74) is -0.0838. The first-order valence-electron chi connectivity index (χ1n) is 4.66. The minimum Gasteiger partial charge on any atom is -0.439 e. The number of halogens is 2. The van der Waals surface area contributed by atoms with E-state index in [1.54, 1.807) is 6.07 Å². The van der Waals surface area contributed by atoms with Crippen molar-refractivity contribution >= 4 is 33.2 Å². The van der Waals surface area contributed by atoms with E-state index < -0.39 is 4.92 Å². The highest BCUT2D eigenvalue weighted by Gasteiger charge is 2.10. The molecule has 1 aromatic carbocycles. The smallest absolute Gasteiger partial charge is 0.274 e. The lowest BCUT2D eigenvalue weighted by atomic mass is 10.3. The Hall–Kier alpha value is -1.73. The number of non-ortho nitro benzene ring substituents is 1. The fourth-order valence-electron chi connectivity index (χ4n) is 1.21. The Morgan fingerprint density at radius 1 is 1.39 bits per heavy atom. The Balaban J connectivity index is 2.31. The van der Waals surface area contributed by atoms with Crippen molar-refractivity contribution in [2.24, 2.45) is 0 Å². The van der Waals surface area contributed by atoms with Crippen molar-refractivity contribution in [3.63, 3.8) is 0 Å². The van der Waals surface area contributed by atoms with Crippen LogP contribution in [0, 0.1) is 10.1 Å². The average molecular weight is 331 g/mol. The van der Waals surface area contributed by atoms with Crippen LogP contribution >= 0.6 is 27.5 Å². The van der Waals surface area contributed by atoms with E-state index in [-0.39, 0.29) is 22.6 Å². The van der Waals surface area contributed by atoms with Crippen molar-refractivity contribution < 1.29 is 9.66 Å². The van der Waals surface area contributed by atoms with Crippen molar-refractivity contribution in [3.05, 3.63) is 50.3 Å². The number of nitro groups is 1. The van der Waals surface area contributed by atoms with Crippen LogP contribution in [0.1, 0.15) is 0 Å². The van der Waals surface area contributed by atoms with Gasteiger partial charge >= 0.3 is 0 Å². The molecular weight excluding hydrogens is 325 g/mol. The second kappa shape index (κ2) is 5.28. The zero-order valence-electron chi connectivity index (χ0n) is 8.71. The molecule has 0 radical (unpaired) electrons. The van der Waals surface area contributed by atoms with Gasteiger partial charge in [0.15, 0.2) is 0 Å². The molecule has 18 heavy (non-hydrogen) atoms. The molecule has 0 unspecified atom stereocenters. The average Bonchev–Trinajstić information content (AvgIpc) is 2.28. The summed E-state index contributed by atoms with van der Waals surface area (Å²) in [5.74, 6) is 0.494. The third-order valence-electron chi connectivity index (χ3n) is 1.89. The van der Waals surface area contributed by atoms with Crippen molar-refractivity contribution in [1.82, 2.24) is 9.97 Å². The molecule has 8 heteroatoms. The van der Waals surface area contributed by atoms with Gasteiger partial charge in [0.05, 0.1) is 11.0 Å². The molecule has 0 atom stereocenters. The zero-order valence-corrected chi connectivity index (χ0v) is 11.1. The van der Waals surface area contributed by atoms with E-state index in [9.17, 15) is 10.1 Å². The molecule has 0 aliphatic heterocycles. The van der Waals surface area contributed by atoms with Crippen molar-refractivity contribution in [1.29, 1.82) is 0 Å². The van der Waals surface area contributed by atoms with Gasteiger partial charge in [0, 0.05) is 22.8 Å². The Bertz CT molecular complexity index is 609. The van der Waals surface area contributed by atoms with Gasteiger partial charge in [-0.05, 0) is 17.7 Å². The first-order chi connectivity index (χ1) is 8.54. The Morgan fingerprint density at radius 3 is 2.83 bits per heavy atom. The highest BCUT2D eigenvalue weighted by Crippen LogP contribution is 2.29. The second-order valence-electron chi connectivity index (χ2n) is 3.17. The van der Waals surface area contributed by atoms with Gasteiger partial charge in [-0.3, -0.25) is 10.1 Å². The summed E-state index contributed by atoms with van der Waals surface area (Å²) in [6.45, 7) is 0. The highest BCUT2D eigenvalue weighted by molar-refractivity contribution is 9.10. The lowest BCUT2D eigenvalue weighted by Crippen LogP contribution is -1.92. The third-order valence-corrected chi connectivity index (χ3v) is 2.53. The molecule has 0 aliphatic carbocycles. The molecule has 0 fully saturated rings. The summed E-state index contributed by atoms with van der Waals surface area (Å²) < 4.78 is 5.89. The second-order valence-corrected chi connectivity index (χ2v) is 4.42. The molecule has 0 amide bonds. The van der Waals surface area contributed by atoms with Crippen molar-refractivity contribution in [2.45, 2.75) is 0 Å². The van der Waals surface area contributed by atoms with Gasteiger partial charge in [0.25, 0.3) is 5.69 Å². The third kappa shape index (κ3) is 3.14. The summed E-state index contributed by atoms with van der Waals surface area (Å²) in [6, 6.07) is 5.75. The van der Waals surface area contributed by atoms with Crippen LogP contribution in [0.25, 0.3) is 0 Å². The normalized spacial score (nSPS) is 10.1. The first kappa shape index (κ1) is 12.7. The number of benzene rings is 1. The number of aromatic nitrogens is 2. The summed E-state index contributed by atoms with van der Waals surface area (Å²) in [5, 5.41) is 10.7. The topological polar surface area (TPSA) is 78.2 Å². The van der Waals surface area contributed by atoms with Gasteiger partial charge in [-0.25, -0.2) is 4.98 Å². The molecule has 2 aromatic rings. The maximum Gasteiger partial charge on any atom is 0.274 e. The molecule has 2 rings (SSSR count). The van der Waals surface area contributed by atoms with Crippen LogP contribution in [0.2, 0.25) is 5.28 Å². The predicted octanol–water partition coefficient (Wildman–Crippen LogP) is 3.59. The van der Waals surface area contributed by atoms with E-state index in [1.165, 1.54) is 24.4 Å². The quantitative estimate of drug-likeness (QED) is 0.488. The zero-order chi connectivity index (χ0) is 13.1. The number of nitrogens with zero attached hydrogens (tertiary/aromatic N) is 3. The summed E-state index contributed by atoms with van der Waals surface area (Å²) in [6.07, 6.45) is 1.43. The predicted molar refractivity (Wildman–Crippen MR) is 67.9 cm³/mol. The van der Waals surface area contributed by atoms with E-state index in [0.717, 1.165) is 0 Å². The van der Waals surface area contributed by atoms with E-state index in [2.05, 4.69) is 25.9 Å². The van der Waals surface area contributed by atoms with Crippen LogP contribution in [0.15, 0.2) is 34.9 Å². The SMILES string of the molecule is O=[N+]([O-])c1cc(Br)cc(Oc2ccnc(Cl)n2)c1. The van der Waals surface area contributed by atoms with Crippen LogP contribution in [-0.4, -0.2) is 14.9 Å². The summed E-state index contributed by atoms with van der Waals surface area (Å²) in [4.78, 5) is 17.7. The maximum atomic E-state index is 10.7. The van der Waals surface area contributed by atoms with Crippen LogP contribution in [0.4, 0.5) is 5.69 Å². The minimum atomic E-state index is -0.509. The van der Waals surface area contributed by atoms with Crippen LogP contribution < -0.4 is 4.74 Å². The van der Waals surface area contributed by atoms with E-state index in [1.807, 2.05) is 0 Å². The monoisotopic (exact) mass is 329 g/mol. The molecule has 6 nitrogen and oxygen atoms in total. The number of rotatable bonds is 3. The summed E-state index contributed by atoms with van der Waals surface area (Å²) >= 11 is 8.77. The molecule has 0 saturated heterocycles. The molecule has 0 aliphatic rings. The molecule has 92 valence electrons. The van der Waals surface area contributed by atoms with Crippen molar-refractivity contribution in [2.75, 3.05) is 0 Å². The highest BCUT2D eigenvalue weighted by atomic mass is 79.9. The molecule has 1 heterocycles. The number of ether oxygens (including phenoxy) is 1. The molecule has 0 spiro atoms. The fourth-order valence-corrected chi connectivity index (χ4v) is 1.81. The Labute approximate surface area is 115 Å². The molecule has 0 saturated carbocycles. The van der Waals surface area contributed by atoms with E-state index in [0.29, 0.717) is 4.47 Å². The maximum absolute atomic E-state index is 10.7. The van der Waals surface area contributed by atoms with Gasteiger partial charge in [-0.2, -0.15) is 4.98 Å². The largest absolute Gasteiger partial charge is 0.439 e. The summed E-state index contributed by atoms with van der Waals surface area (Å²) in [7, 11) is 0. The first-order valence-corrected chi connectivity index (χ1v) is 5.83. The Morgan fingerprint density at radius 2 is 2.17 bits per heavy atom. The van der Waals surface area contributed by atoms with Gasteiger partial charge in [-0.1, -0.05) is 15.9 Å².